The molecule has 0 saturated heterocycles. The molecular formula is C27H31N3O3. The van der Waals surface area contributed by atoms with Crippen LogP contribution in [0.1, 0.15) is 54.2 Å². The number of nitrogens with one attached hydrogen (secondary N) is 1. The zero-order valence-electron chi connectivity index (χ0n) is 19.6. The van der Waals surface area contributed by atoms with Gasteiger partial charge in [-0.3, -0.25) is 9.59 Å². The Morgan fingerprint density at radius 2 is 1.91 bits per heavy atom. The Balaban J connectivity index is 1.60. The van der Waals surface area contributed by atoms with Crippen molar-refractivity contribution in [3.8, 4) is 5.75 Å². The maximum atomic E-state index is 13.9. The summed E-state index contributed by atoms with van der Waals surface area (Å²) < 4.78 is 7.41. The number of carbonyl (C=O) groups is 2. The summed E-state index contributed by atoms with van der Waals surface area (Å²) in [5, 5.41) is 4.23. The van der Waals surface area contributed by atoms with E-state index in [0.717, 1.165) is 53.5 Å². The number of nitrogens with zero attached hydrogens (tertiary/aromatic N) is 2. The molecule has 3 aromatic rings. The van der Waals surface area contributed by atoms with Gasteiger partial charge in [-0.05, 0) is 56.0 Å². The zero-order chi connectivity index (χ0) is 23.2. The second kappa shape index (κ2) is 8.25. The number of aryl methyl sites for hydroxylation is 1. The van der Waals surface area contributed by atoms with E-state index in [1.54, 1.807) is 12.0 Å². The van der Waals surface area contributed by atoms with E-state index in [-0.39, 0.29) is 17.9 Å². The summed E-state index contributed by atoms with van der Waals surface area (Å²) >= 11 is 0. The first-order valence-electron chi connectivity index (χ1n) is 11.8. The van der Waals surface area contributed by atoms with Crippen LogP contribution in [-0.4, -0.2) is 40.0 Å². The third-order valence-electron chi connectivity index (χ3n) is 7.41. The SMILES string of the molecule is COc1ccc2cc3n(c2c1)C[C@@](C)(C(=O)NC1CCCC1)N(Cc1ccccc1C)C3=O. The molecule has 1 N–H and O–H groups in total. The molecule has 2 aliphatic rings. The normalized spacial score (nSPS) is 20.8. The van der Waals surface area contributed by atoms with Crippen LogP contribution in [0.2, 0.25) is 0 Å². The molecule has 2 aromatic carbocycles. The molecule has 6 heteroatoms. The Morgan fingerprint density at radius 3 is 2.64 bits per heavy atom. The molecule has 0 bridgehead atoms. The van der Waals surface area contributed by atoms with Crippen LogP contribution < -0.4 is 10.1 Å². The molecule has 2 heterocycles. The maximum absolute atomic E-state index is 13.9. The predicted molar refractivity (Wildman–Crippen MR) is 128 cm³/mol. The van der Waals surface area contributed by atoms with Crippen LogP contribution in [-0.2, 0) is 17.9 Å². The van der Waals surface area contributed by atoms with Crippen molar-refractivity contribution in [2.45, 2.75) is 64.2 Å². The monoisotopic (exact) mass is 445 g/mol. The van der Waals surface area contributed by atoms with Gasteiger partial charge in [-0.2, -0.15) is 0 Å². The highest BCUT2D eigenvalue weighted by molar-refractivity contribution is 6.03. The molecule has 172 valence electrons. The Hall–Kier alpha value is -3.28. The van der Waals surface area contributed by atoms with Gasteiger partial charge >= 0.3 is 0 Å². The standard InChI is InChI=1S/C27H31N3O3/c1-18-8-4-5-9-20(18)16-30-25(31)24-14-19-12-13-22(33-3)15-23(19)29(24)17-27(30,2)26(32)28-21-10-6-7-11-21/h4-5,8-9,12-15,21H,6-7,10-11,16-17H2,1-3H3,(H,28,32)/t27-/m0/s1. The number of hydrogen-bond donors (Lipinski definition) is 1. The number of methoxy groups -OCH3 is 1. The molecule has 0 radical (unpaired) electrons. The third kappa shape index (κ3) is 3.67. The molecule has 6 nitrogen and oxygen atoms in total. The summed E-state index contributed by atoms with van der Waals surface area (Å²) in [5.74, 6) is 0.533. The molecule has 1 aliphatic carbocycles. The fourth-order valence-electron chi connectivity index (χ4n) is 5.27. The topological polar surface area (TPSA) is 63.6 Å². The summed E-state index contributed by atoms with van der Waals surface area (Å²) in [5.41, 5.74) is 2.67. The molecule has 1 aliphatic heterocycles. The van der Waals surface area contributed by atoms with Gasteiger partial charge in [0.25, 0.3) is 5.91 Å². The first-order chi connectivity index (χ1) is 15.9. The summed E-state index contributed by atoms with van der Waals surface area (Å²) in [6.45, 7) is 4.74. The molecule has 1 fully saturated rings. The minimum absolute atomic E-state index is 0.0771. The van der Waals surface area contributed by atoms with Gasteiger partial charge in [0.15, 0.2) is 0 Å². The van der Waals surface area contributed by atoms with Gasteiger partial charge in [0.2, 0.25) is 5.91 Å². The van der Waals surface area contributed by atoms with Gasteiger partial charge < -0.3 is 19.5 Å². The van der Waals surface area contributed by atoms with Crippen molar-refractivity contribution >= 4 is 22.7 Å². The third-order valence-corrected chi connectivity index (χ3v) is 7.41. The minimum atomic E-state index is -1.01. The number of fused-ring (bicyclic) bond motifs is 3. The van der Waals surface area contributed by atoms with Crippen molar-refractivity contribution in [1.29, 1.82) is 0 Å². The number of aromatic nitrogens is 1. The maximum Gasteiger partial charge on any atom is 0.271 e. The molecule has 0 unspecified atom stereocenters. The highest BCUT2D eigenvalue weighted by atomic mass is 16.5. The van der Waals surface area contributed by atoms with Gasteiger partial charge in [-0.1, -0.05) is 37.1 Å². The van der Waals surface area contributed by atoms with E-state index in [1.807, 2.05) is 66.9 Å². The lowest BCUT2D eigenvalue weighted by Crippen LogP contribution is -2.64. The first-order valence-corrected chi connectivity index (χ1v) is 11.8. The molecule has 2 amide bonds. The van der Waals surface area contributed by atoms with Crippen molar-refractivity contribution in [3.63, 3.8) is 0 Å². The molecule has 1 atom stereocenters. The lowest BCUT2D eigenvalue weighted by molar-refractivity contribution is -0.133. The van der Waals surface area contributed by atoms with Crippen LogP contribution in [0.3, 0.4) is 0 Å². The smallest absolute Gasteiger partial charge is 0.271 e. The van der Waals surface area contributed by atoms with Crippen LogP contribution in [0.15, 0.2) is 48.5 Å². The number of ether oxygens (including phenoxy) is 1. The Bertz CT molecular complexity index is 1220. The summed E-state index contributed by atoms with van der Waals surface area (Å²) in [6.07, 6.45) is 4.28. The summed E-state index contributed by atoms with van der Waals surface area (Å²) in [4.78, 5) is 29.4. The van der Waals surface area contributed by atoms with Crippen molar-refractivity contribution in [2.75, 3.05) is 7.11 Å². The average molecular weight is 446 g/mol. The molecule has 5 rings (SSSR count). The zero-order valence-corrected chi connectivity index (χ0v) is 19.6. The molecule has 1 aromatic heterocycles. The van der Waals surface area contributed by atoms with Gasteiger partial charge in [0, 0.05) is 24.0 Å². The number of benzene rings is 2. The second-order valence-electron chi connectivity index (χ2n) is 9.59. The van der Waals surface area contributed by atoms with E-state index in [1.165, 1.54) is 0 Å². The van der Waals surface area contributed by atoms with Gasteiger partial charge in [-0.25, -0.2) is 0 Å². The van der Waals surface area contributed by atoms with E-state index < -0.39 is 5.54 Å². The van der Waals surface area contributed by atoms with Crippen LogP contribution in [0.4, 0.5) is 0 Å². The molecule has 1 saturated carbocycles. The van der Waals surface area contributed by atoms with E-state index in [2.05, 4.69) is 5.32 Å². The summed E-state index contributed by atoms with van der Waals surface area (Å²) in [7, 11) is 1.63. The van der Waals surface area contributed by atoms with Crippen LogP contribution >= 0.6 is 0 Å². The van der Waals surface area contributed by atoms with Crippen molar-refractivity contribution < 1.29 is 14.3 Å². The highest BCUT2D eigenvalue weighted by Crippen LogP contribution is 2.35. The second-order valence-corrected chi connectivity index (χ2v) is 9.59. The molecular weight excluding hydrogens is 414 g/mol. The van der Waals surface area contributed by atoms with Crippen LogP contribution in [0.5, 0.6) is 5.75 Å². The first kappa shape index (κ1) is 21.6. The Morgan fingerprint density at radius 1 is 1.15 bits per heavy atom. The van der Waals surface area contributed by atoms with E-state index >= 15 is 0 Å². The van der Waals surface area contributed by atoms with Crippen molar-refractivity contribution in [2.24, 2.45) is 0 Å². The molecule has 0 spiro atoms. The molecule has 33 heavy (non-hydrogen) atoms. The van der Waals surface area contributed by atoms with E-state index in [0.29, 0.717) is 18.8 Å². The number of rotatable bonds is 5. The largest absolute Gasteiger partial charge is 0.497 e. The summed E-state index contributed by atoms with van der Waals surface area (Å²) in [6, 6.07) is 16.0. The van der Waals surface area contributed by atoms with Gasteiger partial charge in [0.05, 0.1) is 19.2 Å². The van der Waals surface area contributed by atoms with Gasteiger partial charge in [0.1, 0.15) is 17.0 Å². The average Bonchev–Trinajstić information content (AvgIpc) is 3.45. The fourth-order valence-corrected chi connectivity index (χ4v) is 5.27. The number of amides is 2. The quantitative estimate of drug-likeness (QED) is 0.632. The van der Waals surface area contributed by atoms with E-state index in [9.17, 15) is 9.59 Å². The number of carbonyl (C=O) groups excluding carboxylic acids is 2. The van der Waals surface area contributed by atoms with Gasteiger partial charge in [-0.15, -0.1) is 0 Å². The Kier molecular flexibility index (Phi) is 5.39. The predicted octanol–water partition coefficient (Wildman–Crippen LogP) is 4.43. The lowest BCUT2D eigenvalue weighted by Gasteiger charge is -2.44. The number of hydrogen-bond acceptors (Lipinski definition) is 3. The van der Waals surface area contributed by atoms with E-state index in [4.69, 9.17) is 4.74 Å². The van der Waals surface area contributed by atoms with Crippen molar-refractivity contribution in [3.05, 3.63) is 65.4 Å². The minimum Gasteiger partial charge on any atom is -0.497 e. The van der Waals surface area contributed by atoms with Crippen molar-refractivity contribution in [1.82, 2.24) is 14.8 Å². The van der Waals surface area contributed by atoms with Crippen LogP contribution in [0, 0.1) is 6.92 Å². The fraction of sp³-hybridized carbons (Fsp3) is 0.407. The van der Waals surface area contributed by atoms with Crippen LogP contribution in [0.25, 0.3) is 10.9 Å². The Labute approximate surface area is 194 Å². The lowest BCUT2D eigenvalue weighted by atomic mass is 9.93. The highest BCUT2D eigenvalue weighted by Gasteiger charge is 2.48.